The number of aliphatic hydroxyl groups is 2. The van der Waals surface area contributed by atoms with E-state index in [0.717, 1.165) is 23.5 Å². The minimum absolute atomic E-state index is 0.293. The van der Waals surface area contributed by atoms with Gasteiger partial charge in [-0.1, -0.05) is 64.4 Å². The standard InChI is InChI=1S/C37H56N6O7S3/c1-8-13-24(28(45)31(47)39-21-26(44)41-27(32-38-16-19-51-32)23-14-10-9-11-15-23)40-30(46)25-20-37(52-17-12-18-53-37)22-43(25)33(48)29(35(2,3)4)42-34(49)50-36(5,6)7/h9-11,14-16,19,24-25,27-29,33,45,48H,8,12-13,17-18,20-22H2,1-7H3,(H,39,47)(H,40,46)(H,41,44)(H,42,49)/t24?,25?,27?,28-,29?,33-/m1/s1. The van der Waals surface area contributed by atoms with Crippen molar-refractivity contribution in [1.29, 1.82) is 0 Å². The number of benzene rings is 1. The van der Waals surface area contributed by atoms with Crippen LogP contribution in [0.15, 0.2) is 41.9 Å². The third kappa shape index (κ3) is 12.0. The van der Waals surface area contributed by atoms with E-state index in [1.54, 1.807) is 55.4 Å². The van der Waals surface area contributed by atoms with Crippen molar-refractivity contribution in [3.63, 3.8) is 0 Å². The Bertz CT molecular complexity index is 1510. The minimum Gasteiger partial charge on any atom is -0.444 e. The lowest BCUT2D eigenvalue weighted by atomic mass is 9.85. The highest BCUT2D eigenvalue weighted by atomic mass is 32.2. The van der Waals surface area contributed by atoms with Crippen molar-refractivity contribution < 1.29 is 34.1 Å². The lowest BCUT2D eigenvalue weighted by molar-refractivity contribution is -0.137. The summed E-state index contributed by atoms with van der Waals surface area (Å²) in [5, 5.41) is 36.9. The van der Waals surface area contributed by atoms with E-state index in [-0.39, 0.29) is 4.08 Å². The van der Waals surface area contributed by atoms with Crippen LogP contribution < -0.4 is 21.3 Å². The van der Waals surface area contributed by atoms with E-state index < -0.39 is 77.9 Å². The van der Waals surface area contributed by atoms with E-state index in [2.05, 4.69) is 26.3 Å². The number of likely N-dealkylation sites (tertiary alicyclic amines) is 1. The van der Waals surface area contributed by atoms with Crippen LogP contribution in [-0.2, 0) is 19.1 Å². The zero-order valence-electron chi connectivity index (χ0n) is 31.7. The molecule has 2 aromatic rings. The highest BCUT2D eigenvalue weighted by molar-refractivity contribution is 8.18. The van der Waals surface area contributed by atoms with Crippen LogP contribution in [0.1, 0.15) is 90.8 Å². The molecule has 3 heterocycles. The smallest absolute Gasteiger partial charge is 0.408 e. The summed E-state index contributed by atoms with van der Waals surface area (Å²) < 4.78 is 5.17. The van der Waals surface area contributed by atoms with Crippen LogP contribution in [0.3, 0.4) is 0 Å². The van der Waals surface area contributed by atoms with Gasteiger partial charge in [-0.05, 0) is 62.5 Å². The highest BCUT2D eigenvalue weighted by Crippen LogP contribution is 2.51. The van der Waals surface area contributed by atoms with Gasteiger partial charge >= 0.3 is 6.09 Å². The maximum atomic E-state index is 14.2. The molecule has 4 rings (SSSR count). The molecule has 0 bridgehead atoms. The fourth-order valence-corrected chi connectivity index (χ4v) is 10.5. The molecule has 2 aliphatic rings. The first-order valence-corrected chi connectivity index (χ1v) is 21.0. The van der Waals surface area contributed by atoms with Crippen molar-refractivity contribution in [3.8, 4) is 0 Å². The molecule has 53 heavy (non-hydrogen) atoms. The Morgan fingerprint density at radius 2 is 1.70 bits per heavy atom. The van der Waals surface area contributed by atoms with Crippen molar-refractivity contribution in [2.45, 2.75) is 120 Å². The molecule has 6 N–H and O–H groups in total. The van der Waals surface area contributed by atoms with Crippen LogP contribution in [0.2, 0.25) is 0 Å². The Hall–Kier alpha value is -2.89. The number of rotatable bonds is 14. The van der Waals surface area contributed by atoms with Crippen LogP contribution in [0.25, 0.3) is 0 Å². The van der Waals surface area contributed by atoms with Gasteiger partial charge in [0.05, 0.1) is 28.7 Å². The van der Waals surface area contributed by atoms with Gasteiger partial charge in [-0.2, -0.15) is 0 Å². The zero-order valence-corrected chi connectivity index (χ0v) is 34.2. The van der Waals surface area contributed by atoms with Gasteiger partial charge in [0.25, 0.3) is 5.91 Å². The van der Waals surface area contributed by atoms with Crippen molar-refractivity contribution in [3.05, 3.63) is 52.5 Å². The Morgan fingerprint density at radius 1 is 1.02 bits per heavy atom. The summed E-state index contributed by atoms with van der Waals surface area (Å²) in [6, 6.07) is 6.29. The Balaban J connectivity index is 1.46. The number of nitrogens with one attached hydrogen (secondary N) is 4. The third-order valence-corrected chi connectivity index (χ3v) is 13.2. The molecule has 16 heteroatoms. The molecular weight excluding hydrogens is 737 g/mol. The number of amides is 4. The zero-order chi connectivity index (χ0) is 39.0. The van der Waals surface area contributed by atoms with E-state index in [1.165, 1.54) is 11.3 Å². The maximum absolute atomic E-state index is 14.2. The number of alkyl carbamates (subject to hydrolysis) is 1. The second-order valence-corrected chi connectivity index (χ2v) is 19.7. The molecule has 294 valence electrons. The van der Waals surface area contributed by atoms with Crippen LogP contribution in [0.4, 0.5) is 4.79 Å². The Kier molecular flexibility index (Phi) is 15.1. The molecule has 0 aliphatic carbocycles. The van der Waals surface area contributed by atoms with E-state index in [4.69, 9.17) is 4.74 Å². The molecule has 1 aromatic heterocycles. The van der Waals surface area contributed by atoms with Gasteiger partial charge in [0.1, 0.15) is 22.9 Å². The van der Waals surface area contributed by atoms with Crippen molar-refractivity contribution in [2.75, 3.05) is 24.6 Å². The first-order valence-electron chi connectivity index (χ1n) is 18.1. The normalized spacial score (nSPS) is 20.4. The van der Waals surface area contributed by atoms with E-state index in [1.807, 2.05) is 63.4 Å². The molecule has 2 fully saturated rings. The topological polar surface area (TPSA) is 182 Å². The molecule has 4 unspecified atom stereocenters. The quantitative estimate of drug-likeness (QED) is 0.163. The molecule has 2 saturated heterocycles. The molecule has 1 spiro atoms. The van der Waals surface area contributed by atoms with E-state index in [9.17, 15) is 29.4 Å². The predicted octanol–water partition coefficient (Wildman–Crippen LogP) is 4.01. The average Bonchev–Trinajstić information content (AvgIpc) is 3.76. The van der Waals surface area contributed by atoms with Crippen molar-refractivity contribution in [2.24, 2.45) is 5.41 Å². The number of carbonyl (C=O) groups is 4. The first kappa shape index (κ1) is 42.8. The summed E-state index contributed by atoms with van der Waals surface area (Å²) in [5.41, 5.74) is -0.530. The van der Waals surface area contributed by atoms with Crippen LogP contribution in [-0.4, -0.2) is 109 Å². The molecular formula is C37H56N6O7S3. The van der Waals surface area contributed by atoms with E-state index >= 15 is 0 Å². The molecule has 0 saturated carbocycles. The number of nitrogens with zero attached hydrogens (tertiary/aromatic N) is 2. The third-order valence-electron chi connectivity index (χ3n) is 9.03. The molecule has 6 atom stereocenters. The van der Waals surface area contributed by atoms with Gasteiger partial charge in [0.2, 0.25) is 11.8 Å². The first-order chi connectivity index (χ1) is 24.9. The summed E-state index contributed by atoms with van der Waals surface area (Å²) in [4.78, 5) is 59.5. The van der Waals surface area contributed by atoms with Gasteiger partial charge in [0, 0.05) is 18.1 Å². The number of ether oxygens (including phenoxy) is 1. The average molecular weight is 793 g/mol. The number of hydrogen-bond donors (Lipinski definition) is 6. The maximum Gasteiger partial charge on any atom is 0.408 e. The number of thiazole rings is 1. The number of hydrogen-bond acceptors (Lipinski definition) is 12. The minimum atomic E-state index is -1.64. The lowest BCUT2D eigenvalue weighted by Crippen LogP contribution is -2.61. The second kappa shape index (κ2) is 18.6. The van der Waals surface area contributed by atoms with Crippen LogP contribution >= 0.6 is 34.9 Å². The molecule has 2 aliphatic heterocycles. The second-order valence-electron chi connectivity index (χ2n) is 15.6. The monoisotopic (exact) mass is 792 g/mol. The number of carbonyl (C=O) groups excluding carboxylic acids is 4. The van der Waals surface area contributed by atoms with Crippen LogP contribution in [0.5, 0.6) is 0 Å². The summed E-state index contributed by atoms with van der Waals surface area (Å²) in [6.45, 7) is 12.9. The summed E-state index contributed by atoms with van der Waals surface area (Å²) >= 11 is 4.94. The summed E-state index contributed by atoms with van der Waals surface area (Å²) in [7, 11) is 0. The summed E-state index contributed by atoms with van der Waals surface area (Å²) in [5.74, 6) is 0.143. The Labute approximate surface area is 325 Å². The lowest BCUT2D eigenvalue weighted by Gasteiger charge is -2.41. The van der Waals surface area contributed by atoms with Crippen molar-refractivity contribution >= 4 is 58.7 Å². The molecule has 4 amide bonds. The molecule has 13 nitrogen and oxygen atoms in total. The van der Waals surface area contributed by atoms with Gasteiger partial charge in [-0.25, -0.2) is 9.78 Å². The number of aliphatic hydroxyl groups excluding tert-OH is 2. The van der Waals surface area contributed by atoms with Gasteiger partial charge < -0.3 is 36.2 Å². The highest BCUT2D eigenvalue weighted by Gasteiger charge is 2.53. The predicted molar refractivity (Wildman–Crippen MR) is 210 cm³/mol. The van der Waals surface area contributed by atoms with Gasteiger partial charge in [-0.3, -0.25) is 19.3 Å². The van der Waals surface area contributed by atoms with Crippen molar-refractivity contribution in [1.82, 2.24) is 31.2 Å². The van der Waals surface area contributed by atoms with Crippen LogP contribution in [0, 0.1) is 5.41 Å². The molecule has 1 aromatic carbocycles. The Morgan fingerprint density at radius 3 is 2.28 bits per heavy atom. The van der Waals surface area contributed by atoms with Gasteiger partial charge in [0.15, 0.2) is 6.10 Å². The molecule has 0 radical (unpaired) electrons. The number of aromatic nitrogens is 1. The number of thioether (sulfide) groups is 2. The van der Waals surface area contributed by atoms with E-state index in [0.29, 0.717) is 30.8 Å². The SMILES string of the molecule is CCCC(NC(=O)C1CC2(CN1[C@H](O)C(NC(=O)OC(C)(C)C)C(C)(C)C)SCCCS2)[C@@H](O)C(=O)NCC(=O)NC(c1ccccc1)c1nccs1. The van der Waals surface area contributed by atoms with Gasteiger partial charge in [-0.15, -0.1) is 34.9 Å². The fourth-order valence-electron chi connectivity index (χ4n) is 6.45. The fraction of sp³-hybridized carbons (Fsp3) is 0.649. The summed E-state index contributed by atoms with van der Waals surface area (Å²) in [6.07, 6.45) is 0.416. The largest absolute Gasteiger partial charge is 0.444 e.